The van der Waals surface area contributed by atoms with Crippen molar-refractivity contribution in [3.63, 3.8) is 0 Å². The largest absolute Gasteiger partial charge is 0.484 e. The van der Waals surface area contributed by atoms with Gasteiger partial charge >= 0.3 is 0 Å². The molecular weight excluding hydrogens is 787 g/mol. The number of fused-ring (bicyclic) bond motifs is 12. The van der Waals surface area contributed by atoms with Gasteiger partial charge in [-0.1, -0.05) is 140 Å². The molecule has 0 fully saturated rings. The van der Waals surface area contributed by atoms with Gasteiger partial charge in [-0.2, -0.15) is 9.97 Å². The Bertz CT molecular complexity index is 3410. The van der Waals surface area contributed by atoms with Gasteiger partial charge in [-0.05, 0) is 78.1 Å². The van der Waals surface area contributed by atoms with Gasteiger partial charge in [0.25, 0.3) is 0 Å². The topological polar surface area (TPSA) is 65.3 Å². The maximum Gasteiger partial charge on any atom is 0.234 e. The Morgan fingerprint density at radius 3 is 2.39 bits per heavy atom. The molecule has 7 nitrogen and oxygen atoms in total. The van der Waals surface area contributed by atoms with Crippen LogP contribution >= 0.6 is 0 Å². The van der Waals surface area contributed by atoms with Crippen LogP contribution in [-0.4, -0.2) is 37.8 Å². The third-order valence-electron chi connectivity index (χ3n) is 14.1. The van der Waals surface area contributed by atoms with E-state index in [1.807, 2.05) is 12.1 Å². The lowest BCUT2D eigenvalue weighted by Gasteiger charge is -2.31. The molecule has 7 heteroatoms. The van der Waals surface area contributed by atoms with Crippen LogP contribution in [-0.2, 0) is 0 Å². The molecule has 64 heavy (non-hydrogen) atoms. The fourth-order valence-electron chi connectivity index (χ4n) is 11.3. The van der Waals surface area contributed by atoms with Crippen LogP contribution in [0.3, 0.4) is 0 Å². The first-order valence-corrected chi connectivity index (χ1v) is 22.5. The van der Waals surface area contributed by atoms with Gasteiger partial charge in [0.05, 0.1) is 28.6 Å². The second kappa shape index (κ2) is 13.9. The van der Waals surface area contributed by atoms with Crippen molar-refractivity contribution in [2.75, 3.05) is 4.90 Å². The molecule has 0 N–H and O–H groups in total. The highest BCUT2D eigenvalue weighted by atomic mass is 16.5. The fourth-order valence-corrected chi connectivity index (χ4v) is 11.3. The summed E-state index contributed by atoms with van der Waals surface area (Å²) in [5.74, 6) is 3.48. The van der Waals surface area contributed by atoms with Crippen LogP contribution < -0.4 is 14.4 Å². The van der Waals surface area contributed by atoms with Gasteiger partial charge in [-0.15, -0.1) is 0 Å². The van der Waals surface area contributed by atoms with E-state index < -0.39 is 0 Å². The summed E-state index contributed by atoms with van der Waals surface area (Å²) >= 11 is 0. The van der Waals surface area contributed by atoms with Gasteiger partial charge in [-0.3, -0.25) is 0 Å². The standard InChI is InChI=1S/C57H41N5O2/c1-2-15-35(16-3-1)61-46-26-8-4-17-37(46)45-33-34(31-32-48(45)61)36-21-14-28-49-52(36)42-20-5-9-27-47(42)62(49)57-59-55(43-24-12-22-40-38-18-6-10-29-50(38)63-53(40)43)58-56(60-57)44-25-13-23-41-39-19-7-11-30-51(39)64-54(41)44/h2,4-33,38,44,49-50,52,54H,1,3H2. The SMILES string of the molecule is C1=CC2Oc3c(-c4nc(C5C=CC=C6c7ccccc7OC65)nc(N5c6ccccc6C6C(c7ccc8c(c7)c7ccccc7n8C7=CCCC=C7)=CC=CC65)n4)cccc3C2C=C1. The number of para-hydroxylation sites is 4. The maximum absolute atomic E-state index is 6.73. The van der Waals surface area contributed by atoms with Crippen LogP contribution in [0.4, 0.5) is 11.6 Å². The van der Waals surface area contributed by atoms with E-state index in [9.17, 15) is 0 Å². The lowest BCUT2D eigenvalue weighted by Crippen LogP contribution is -2.32. The molecular formula is C57H41N5O2. The van der Waals surface area contributed by atoms with E-state index in [-0.39, 0.29) is 36.0 Å². The Labute approximate surface area is 370 Å². The predicted molar refractivity (Wildman–Crippen MR) is 256 cm³/mol. The van der Waals surface area contributed by atoms with Crippen molar-refractivity contribution in [2.24, 2.45) is 0 Å². The summed E-state index contributed by atoms with van der Waals surface area (Å²) in [7, 11) is 0. The summed E-state index contributed by atoms with van der Waals surface area (Å²) in [4.78, 5) is 18.6. The molecule has 6 unspecified atom stereocenters. The minimum absolute atomic E-state index is 0.0300. The Kier molecular flexibility index (Phi) is 7.75. The van der Waals surface area contributed by atoms with Crippen molar-refractivity contribution in [2.45, 2.75) is 48.8 Å². The van der Waals surface area contributed by atoms with Crippen molar-refractivity contribution < 1.29 is 9.47 Å². The third kappa shape index (κ3) is 5.24. The predicted octanol–water partition coefficient (Wildman–Crippen LogP) is 12.6. The van der Waals surface area contributed by atoms with Gasteiger partial charge in [0, 0.05) is 50.7 Å². The van der Waals surface area contributed by atoms with E-state index in [4.69, 9.17) is 24.4 Å². The lowest BCUT2D eigenvalue weighted by molar-refractivity contribution is 0.254. The molecule has 6 atom stereocenters. The van der Waals surface area contributed by atoms with Crippen LogP contribution in [0.1, 0.15) is 58.7 Å². The normalized spacial score (nSPS) is 24.0. The summed E-state index contributed by atoms with van der Waals surface area (Å²) in [6, 6.07) is 39.2. The first-order chi connectivity index (χ1) is 31.7. The molecule has 0 radical (unpaired) electrons. The number of ether oxygens (including phenoxy) is 2. The molecule has 0 bridgehead atoms. The van der Waals surface area contributed by atoms with E-state index in [0.29, 0.717) is 17.6 Å². The number of hydrogen-bond donors (Lipinski definition) is 0. The Morgan fingerprint density at radius 2 is 1.42 bits per heavy atom. The molecule has 5 heterocycles. The fraction of sp³-hybridized carbons (Fsp3) is 0.140. The van der Waals surface area contributed by atoms with E-state index in [2.05, 4.69) is 186 Å². The molecule has 3 aliphatic heterocycles. The minimum atomic E-state index is -0.268. The maximum atomic E-state index is 6.73. The number of aromatic nitrogens is 4. The number of benzene rings is 5. The molecule has 0 amide bonds. The van der Waals surface area contributed by atoms with Crippen molar-refractivity contribution >= 4 is 50.3 Å². The van der Waals surface area contributed by atoms with E-state index >= 15 is 0 Å². The zero-order valence-corrected chi connectivity index (χ0v) is 34.8. The highest BCUT2D eigenvalue weighted by Crippen LogP contribution is 2.54. The summed E-state index contributed by atoms with van der Waals surface area (Å²) in [5, 5.41) is 2.51. The molecule has 0 saturated carbocycles. The molecule has 7 aromatic rings. The van der Waals surface area contributed by atoms with Gasteiger partial charge < -0.3 is 18.9 Å². The Balaban J connectivity index is 0.912. The molecule has 306 valence electrons. The first kappa shape index (κ1) is 35.8. The molecule has 0 saturated heterocycles. The molecule has 2 aromatic heterocycles. The summed E-state index contributed by atoms with van der Waals surface area (Å²) in [6.45, 7) is 0. The third-order valence-corrected chi connectivity index (χ3v) is 14.1. The van der Waals surface area contributed by atoms with Crippen molar-refractivity contribution in [3.05, 3.63) is 216 Å². The van der Waals surface area contributed by atoms with Gasteiger partial charge in [0.2, 0.25) is 5.95 Å². The second-order valence-corrected chi connectivity index (χ2v) is 17.6. The Morgan fingerprint density at radius 1 is 0.609 bits per heavy atom. The van der Waals surface area contributed by atoms with Crippen LogP contribution in [0.2, 0.25) is 0 Å². The van der Waals surface area contributed by atoms with Crippen molar-refractivity contribution in [1.82, 2.24) is 19.5 Å². The number of nitrogens with zero attached hydrogens (tertiary/aromatic N) is 5. The van der Waals surface area contributed by atoms with Gasteiger partial charge in [-0.25, -0.2) is 4.98 Å². The molecule has 5 aromatic carbocycles. The van der Waals surface area contributed by atoms with Crippen LogP contribution in [0.15, 0.2) is 188 Å². The zero-order chi connectivity index (χ0) is 41.9. The summed E-state index contributed by atoms with van der Waals surface area (Å²) in [6.07, 6.45) is 30.5. The van der Waals surface area contributed by atoms with Crippen LogP contribution in [0.5, 0.6) is 11.5 Å². The Hall–Kier alpha value is -7.77. The van der Waals surface area contributed by atoms with E-state index in [1.54, 1.807) is 0 Å². The molecule has 14 rings (SSSR count). The van der Waals surface area contributed by atoms with E-state index in [0.717, 1.165) is 52.3 Å². The van der Waals surface area contributed by atoms with Crippen LogP contribution in [0.25, 0.3) is 50.0 Å². The molecule has 7 aliphatic rings. The average molecular weight is 828 g/mol. The number of anilines is 2. The van der Waals surface area contributed by atoms with Gasteiger partial charge in [0.15, 0.2) is 5.82 Å². The highest BCUT2D eigenvalue weighted by Gasteiger charge is 2.44. The first-order valence-electron chi connectivity index (χ1n) is 22.5. The van der Waals surface area contributed by atoms with Crippen molar-refractivity contribution in [3.8, 4) is 22.9 Å². The van der Waals surface area contributed by atoms with Crippen molar-refractivity contribution in [1.29, 1.82) is 0 Å². The summed E-state index contributed by atoms with van der Waals surface area (Å²) in [5.41, 5.74) is 12.8. The average Bonchev–Trinajstić information content (AvgIpc) is 4.12. The lowest BCUT2D eigenvalue weighted by atomic mass is 9.80. The number of allylic oxidation sites excluding steroid dienone is 10. The monoisotopic (exact) mass is 827 g/mol. The highest BCUT2D eigenvalue weighted by molar-refractivity contribution is 6.11. The molecule has 0 spiro atoms. The van der Waals surface area contributed by atoms with Gasteiger partial charge in [0.1, 0.15) is 29.5 Å². The zero-order valence-electron chi connectivity index (χ0n) is 34.8. The number of hydrogen-bond acceptors (Lipinski definition) is 6. The number of rotatable bonds is 5. The smallest absolute Gasteiger partial charge is 0.234 e. The van der Waals surface area contributed by atoms with E-state index in [1.165, 1.54) is 44.2 Å². The second-order valence-electron chi connectivity index (χ2n) is 17.6. The molecule has 4 aliphatic carbocycles. The van der Waals surface area contributed by atoms with Crippen LogP contribution in [0, 0.1) is 0 Å². The minimum Gasteiger partial charge on any atom is -0.484 e. The quantitative estimate of drug-likeness (QED) is 0.172. The summed E-state index contributed by atoms with van der Waals surface area (Å²) < 4.78 is 15.9.